The van der Waals surface area contributed by atoms with Crippen LogP contribution in [0.2, 0.25) is 0 Å². The van der Waals surface area contributed by atoms with Crippen LogP contribution in [0.1, 0.15) is 36.7 Å². The van der Waals surface area contributed by atoms with E-state index in [4.69, 9.17) is 9.79 Å². The van der Waals surface area contributed by atoms with Crippen molar-refractivity contribution in [2.45, 2.75) is 26.9 Å². The highest BCUT2D eigenvalue weighted by atomic mass is 31.2. The second-order valence-electron chi connectivity index (χ2n) is 4.26. The van der Waals surface area contributed by atoms with Gasteiger partial charge in [-0.1, -0.05) is 45.0 Å². The van der Waals surface area contributed by atoms with E-state index >= 15 is 0 Å². The smallest absolute Gasteiger partial charge is 0.324 e. The Morgan fingerprint density at radius 1 is 1.10 bits per heavy atom. The van der Waals surface area contributed by atoms with Crippen LogP contribution >= 0.6 is 7.60 Å². The first-order valence-corrected chi connectivity index (χ1v) is 8.47. The second-order valence-corrected chi connectivity index (χ2v) is 5.90. The van der Waals surface area contributed by atoms with E-state index in [9.17, 15) is 9.36 Å². The zero-order valence-corrected chi connectivity index (χ0v) is 13.2. The number of nitrogens with zero attached hydrogens (tertiary/aromatic N) is 1. The van der Waals surface area contributed by atoms with Crippen LogP contribution in [0.25, 0.3) is 0 Å². The summed E-state index contributed by atoms with van der Waals surface area (Å²) >= 11 is 0. The van der Waals surface area contributed by atoms with Crippen molar-refractivity contribution >= 4 is 13.9 Å². The fraction of sp³-hybridized carbons (Fsp3) is 0.500. The highest BCUT2D eigenvalue weighted by molar-refractivity contribution is 7.50. The van der Waals surface area contributed by atoms with Gasteiger partial charge in [0.1, 0.15) is 6.29 Å². The van der Waals surface area contributed by atoms with E-state index < -0.39 is 7.60 Å². The standard InChI is InChI=1S/C8H9O4P.C6H15N/c9-5-7-3-1-2-4-8(7)6-13(10,11)12;1-4-7(5-2)6-3/h1-5H,6H2,(H2,10,11,12);4-6H2,1-3H3. The van der Waals surface area contributed by atoms with Gasteiger partial charge in [-0.2, -0.15) is 0 Å². The van der Waals surface area contributed by atoms with E-state index in [1.54, 1.807) is 12.1 Å². The molecule has 0 spiro atoms. The van der Waals surface area contributed by atoms with Crippen LogP contribution in [0.5, 0.6) is 0 Å². The largest absolute Gasteiger partial charge is 0.329 e. The Labute approximate surface area is 120 Å². The van der Waals surface area contributed by atoms with E-state index in [-0.39, 0.29) is 6.16 Å². The van der Waals surface area contributed by atoms with Gasteiger partial charge in [0.05, 0.1) is 6.16 Å². The summed E-state index contributed by atoms with van der Waals surface area (Å²) in [5, 5.41) is 0. The molecule has 0 radical (unpaired) electrons. The Morgan fingerprint density at radius 2 is 1.60 bits per heavy atom. The SMILES string of the molecule is CCN(CC)CC.O=Cc1ccccc1CP(=O)(O)O. The molecule has 0 saturated heterocycles. The molecule has 6 heteroatoms. The van der Waals surface area contributed by atoms with Gasteiger partial charge >= 0.3 is 7.60 Å². The summed E-state index contributed by atoms with van der Waals surface area (Å²) in [6, 6.07) is 6.34. The fourth-order valence-corrected chi connectivity index (χ4v) is 2.42. The van der Waals surface area contributed by atoms with Crippen LogP contribution in [0.15, 0.2) is 24.3 Å². The maximum atomic E-state index is 10.6. The zero-order valence-electron chi connectivity index (χ0n) is 12.3. The summed E-state index contributed by atoms with van der Waals surface area (Å²) in [6.45, 7) is 10.1. The molecular weight excluding hydrogens is 277 g/mol. The zero-order chi connectivity index (χ0) is 15.6. The van der Waals surface area contributed by atoms with Gasteiger partial charge in [-0.15, -0.1) is 0 Å². The summed E-state index contributed by atoms with van der Waals surface area (Å²) in [4.78, 5) is 30.2. The van der Waals surface area contributed by atoms with E-state index in [0.29, 0.717) is 17.4 Å². The molecule has 0 aliphatic carbocycles. The van der Waals surface area contributed by atoms with Gasteiger partial charge in [-0.25, -0.2) is 0 Å². The first-order valence-electron chi connectivity index (χ1n) is 6.67. The van der Waals surface area contributed by atoms with Gasteiger partial charge in [-0.3, -0.25) is 9.36 Å². The Bertz CT molecular complexity index is 435. The first-order chi connectivity index (χ1) is 9.37. The lowest BCUT2D eigenvalue weighted by Gasteiger charge is -2.13. The summed E-state index contributed by atoms with van der Waals surface area (Å²) in [7, 11) is -4.09. The molecule has 5 nitrogen and oxygen atoms in total. The lowest BCUT2D eigenvalue weighted by molar-refractivity contribution is 0.112. The van der Waals surface area contributed by atoms with Crippen LogP contribution in [-0.4, -0.2) is 40.6 Å². The molecule has 0 aromatic heterocycles. The molecule has 0 amide bonds. The molecular formula is C14H24NO4P. The average molecular weight is 301 g/mol. The molecule has 0 atom stereocenters. The number of carbonyl (C=O) groups excluding carboxylic acids is 1. The molecule has 0 saturated carbocycles. The number of rotatable bonds is 6. The Kier molecular flexibility index (Phi) is 9.34. The number of hydrogen-bond donors (Lipinski definition) is 2. The third kappa shape index (κ3) is 8.23. The quantitative estimate of drug-likeness (QED) is 0.623. The molecule has 0 fully saturated rings. The van der Waals surface area contributed by atoms with Gasteiger partial charge in [0.25, 0.3) is 0 Å². The second kappa shape index (κ2) is 9.83. The van der Waals surface area contributed by atoms with Crippen LogP contribution in [0, 0.1) is 0 Å². The maximum absolute atomic E-state index is 10.6. The van der Waals surface area contributed by atoms with Crippen LogP contribution in [0.4, 0.5) is 0 Å². The van der Waals surface area contributed by atoms with Crippen molar-refractivity contribution in [3.63, 3.8) is 0 Å². The van der Waals surface area contributed by atoms with Gasteiger partial charge in [0.15, 0.2) is 0 Å². The summed E-state index contributed by atoms with van der Waals surface area (Å²) in [6.07, 6.45) is 0.201. The van der Waals surface area contributed by atoms with Crippen molar-refractivity contribution in [2.24, 2.45) is 0 Å². The van der Waals surface area contributed by atoms with E-state index in [1.165, 1.54) is 31.8 Å². The van der Waals surface area contributed by atoms with Crippen molar-refractivity contribution in [1.82, 2.24) is 4.90 Å². The maximum Gasteiger partial charge on any atom is 0.329 e. The normalized spacial score (nSPS) is 10.9. The number of aldehydes is 1. The Morgan fingerprint density at radius 3 is 1.95 bits per heavy atom. The number of benzene rings is 1. The molecule has 0 heterocycles. The van der Waals surface area contributed by atoms with E-state index in [1.807, 2.05) is 0 Å². The van der Waals surface area contributed by atoms with Crippen LogP contribution in [-0.2, 0) is 10.7 Å². The van der Waals surface area contributed by atoms with Gasteiger partial charge in [-0.05, 0) is 25.2 Å². The van der Waals surface area contributed by atoms with Crippen molar-refractivity contribution < 1.29 is 19.1 Å². The third-order valence-electron chi connectivity index (χ3n) is 2.90. The highest BCUT2D eigenvalue weighted by Crippen LogP contribution is 2.39. The van der Waals surface area contributed by atoms with Crippen molar-refractivity contribution in [3.8, 4) is 0 Å². The Hall–Kier alpha value is -1.00. The molecule has 0 aliphatic rings. The molecule has 0 unspecified atom stereocenters. The van der Waals surface area contributed by atoms with Crippen molar-refractivity contribution in [2.75, 3.05) is 19.6 Å². The highest BCUT2D eigenvalue weighted by Gasteiger charge is 2.15. The summed E-state index contributed by atoms with van der Waals surface area (Å²) in [5.74, 6) is 0. The topological polar surface area (TPSA) is 77.8 Å². The molecule has 1 aromatic carbocycles. The minimum absolute atomic E-state index is 0.325. The van der Waals surface area contributed by atoms with Crippen molar-refractivity contribution in [3.05, 3.63) is 35.4 Å². The van der Waals surface area contributed by atoms with Gasteiger partial charge < -0.3 is 14.7 Å². The summed E-state index contributed by atoms with van der Waals surface area (Å²) < 4.78 is 10.6. The molecule has 1 rings (SSSR count). The van der Waals surface area contributed by atoms with Crippen LogP contribution < -0.4 is 0 Å². The van der Waals surface area contributed by atoms with E-state index in [2.05, 4.69) is 25.7 Å². The lowest BCUT2D eigenvalue weighted by atomic mass is 10.1. The lowest BCUT2D eigenvalue weighted by Crippen LogP contribution is -2.21. The van der Waals surface area contributed by atoms with E-state index in [0.717, 1.165) is 0 Å². The Balaban J connectivity index is 0.000000441. The van der Waals surface area contributed by atoms with Crippen molar-refractivity contribution in [1.29, 1.82) is 0 Å². The van der Waals surface area contributed by atoms with Gasteiger partial charge in [0, 0.05) is 5.56 Å². The predicted molar refractivity (Wildman–Crippen MR) is 81.0 cm³/mol. The monoisotopic (exact) mass is 301 g/mol. The molecule has 2 N–H and O–H groups in total. The predicted octanol–water partition coefficient (Wildman–Crippen LogP) is 2.52. The molecule has 0 aliphatic heterocycles. The minimum Gasteiger partial charge on any atom is -0.324 e. The van der Waals surface area contributed by atoms with Crippen LogP contribution in [0.3, 0.4) is 0 Å². The van der Waals surface area contributed by atoms with Gasteiger partial charge in [0.2, 0.25) is 0 Å². The molecule has 20 heavy (non-hydrogen) atoms. The summed E-state index contributed by atoms with van der Waals surface area (Å²) in [5.41, 5.74) is 0.705. The molecule has 114 valence electrons. The number of carbonyl (C=O) groups is 1. The fourth-order valence-electron chi connectivity index (χ4n) is 1.69. The number of hydrogen-bond acceptors (Lipinski definition) is 3. The average Bonchev–Trinajstić information content (AvgIpc) is 2.40. The molecule has 1 aromatic rings. The first kappa shape index (κ1) is 19.0. The molecule has 0 bridgehead atoms. The third-order valence-corrected chi connectivity index (χ3v) is 3.65. The minimum atomic E-state index is -4.09.